The molecule has 3 heterocycles. The zero-order valence-corrected chi connectivity index (χ0v) is 20.7. The van der Waals surface area contributed by atoms with E-state index in [9.17, 15) is 4.79 Å². The number of aromatic nitrogens is 3. The van der Waals surface area contributed by atoms with Gasteiger partial charge in [0.05, 0.1) is 16.4 Å². The molecule has 170 valence electrons. The van der Waals surface area contributed by atoms with Crippen LogP contribution in [0.2, 0.25) is 5.02 Å². The first-order valence-electron chi connectivity index (χ1n) is 10.9. The predicted molar refractivity (Wildman–Crippen MR) is 132 cm³/mol. The van der Waals surface area contributed by atoms with Crippen molar-refractivity contribution >= 4 is 44.9 Å². The van der Waals surface area contributed by atoms with E-state index in [1.165, 1.54) is 0 Å². The van der Waals surface area contributed by atoms with Gasteiger partial charge in [0.2, 0.25) is 5.91 Å². The van der Waals surface area contributed by atoms with Crippen LogP contribution in [0.5, 0.6) is 0 Å². The lowest BCUT2D eigenvalue weighted by molar-refractivity contribution is -0.130. The first-order valence-corrected chi connectivity index (χ1v) is 12.1. The SMILES string of the molecule is CC(=O)N1CCC(N(C)CCCNc2cc(-c3ccccc3Cl)nc3c(Br)cnn23)CC1. The van der Waals surface area contributed by atoms with Gasteiger partial charge < -0.3 is 15.1 Å². The van der Waals surface area contributed by atoms with Crippen LogP contribution in [-0.2, 0) is 4.79 Å². The molecule has 0 saturated carbocycles. The van der Waals surface area contributed by atoms with Gasteiger partial charge in [-0.05, 0) is 54.9 Å². The Morgan fingerprint density at radius 3 is 2.78 bits per heavy atom. The first kappa shape index (κ1) is 23.0. The Hall–Kier alpha value is -2.16. The Kier molecular flexibility index (Phi) is 7.33. The fourth-order valence-corrected chi connectivity index (χ4v) is 4.80. The zero-order valence-electron chi connectivity index (χ0n) is 18.4. The van der Waals surface area contributed by atoms with Crippen molar-refractivity contribution < 1.29 is 4.79 Å². The van der Waals surface area contributed by atoms with E-state index in [1.54, 1.807) is 13.1 Å². The summed E-state index contributed by atoms with van der Waals surface area (Å²) in [7, 11) is 2.18. The van der Waals surface area contributed by atoms with Crippen molar-refractivity contribution in [3.63, 3.8) is 0 Å². The lowest BCUT2D eigenvalue weighted by Crippen LogP contribution is -2.45. The third kappa shape index (κ3) is 5.08. The topological polar surface area (TPSA) is 65.8 Å². The van der Waals surface area contributed by atoms with Crippen LogP contribution in [0.3, 0.4) is 0 Å². The maximum atomic E-state index is 11.5. The van der Waals surface area contributed by atoms with Crippen LogP contribution in [-0.4, -0.2) is 69.6 Å². The Bertz CT molecular complexity index is 1100. The van der Waals surface area contributed by atoms with Crippen LogP contribution < -0.4 is 5.32 Å². The largest absolute Gasteiger partial charge is 0.370 e. The molecule has 1 N–H and O–H groups in total. The van der Waals surface area contributed by atoms with Gasteiger partial charge in [0, 0.05) is 49.3 Å². The number of benzene rings is 1. The van der Waals surface area contributed by atoms with E-state index < -0.39 is 0 Å². The number of halogens is 2. The average molecular weight is 520 g/mol. The number of fused-ring (bicyclic) bond motifs is 1. The minimum absolute atomic E-state index is 0.181. The molecule has 32 heavy (non-hydrogen) atoms. The quantitative estimate of drug-likeness (QED) is 0.464. The summed E-state index contributed by atoms with van der Waals surface area (Å²) < 4.78 is 2.65. The molecule has 1 aliphatic rings. The Labute approximate surface area is 201 Å². The summed E-state index contributed by atoms with van der Waals surface area (Å²) in [4.78, 5) is 20.6. The highest BCUT2D eigenvalue weighted by molar-refractivity contribution is 9.10. The van der Waals surface area contributed by atoms with Gasteiger partial charge in [0.25, 0.3) is 0 Å². The molecule has 0 bridgehead atoms. The van der Waals surface area contributed by atoms with Crippen molar-refractivity contribution in [1.82, 2.24) is 24.4 Å². The molecule has 0 atom stereocenters. The maximum Gasteiger partial charge on any atom is 0.219 e. The second-order valence-electron chi connectivity index (χ2n) is 8.23. The van der Waals surface area contributed by atoms with Crippen LogP contribution >= 0.6 is 27.5 Å². The van der Waals surface area contributed by atoms with E-state index >= 15 is 0 Å². The van der Waals surface area contributed by atoms with Gasteiger partial charge >= 0.3 is 0 Å². The van der Waals surface area contributed by atoms with E-state index in [0.717, 1.165) is 72.6 Å². The number of hydrogen-bond acceptors (Lipinski definition) is 5. The molecule has 0 unspecified atom stereocenters. The van der Waals surface area contributed by atoms with Crippen molar-refractivity contribution in [3.05, 3.63) is 46.0 Å². The Morgan fingerprint density at radius 1 is 1.31 bits per heavy atom. The van der Waals surface area contributed by atoms with Gasteiger partial charge in [-0.2, -0.15) is 9.61 Å². The standard InChI is InChI=1S/C23H28BrClN6O/c1-16(32)30-12-8-17(9-13-30)29(2)11-5-10-26-22-14-21(18-6-3-4-7-20(18)25)28-23-19(24)15-27-31(22)23/h3-4,6-7,14-15,17,26H,5,8-13H2,1-2H3. The van der Waals surface area contributed by atoms with Gasteiger partial charge in [-0.3, -0.25) is 4.79 Å². The third-order valence-electron chi connectivity index (χ3n) is 6.11. The smallest absolute Gasteiger partial charge is 0.219 e. The number of hydrogen-bond donors (Lipinski definition) is 1. The fraction of sp³-hybridized carbons (Fsp3) is 0.435. The van der Waals surface area contributed by atoms with Gasteiger partial charge in [-0.15, -0.1) is 0 Å². The Morgan fingerprint density at radius 2 is 2.06 bits per heavy atom. The molecule has 0 radical (unpaired) electrons. The zero-order chi connectivity index (χ0) is 22.7. The highest BCUT2D eigenvalue weighted by Gasteiger charge is 2.23. The lowest BCUT2D eigenvalue weighted by atomic mass is 10.0. The number of carbonyl (C=O) groups excluding carboxylic acids is 1. The van der Waals surface area contributed by atoms with E-state index in [-0.39, 0.29) is 5.91 Å². The van der Waals surface area contributed by atoms with Crippen LogP contribution in [0.15, 0.2) is 41.0 Å². The van der Waals surface area contributed by atoms with Crippen LogP contribution in [0.1, 0.15) is 26.2 Å². The lowest BCUT2D eigenvalue weighted by Gasteiger charge is -2.36. The molecule has 7 nitrogen and oxygen atoms in total. The normalized spacial score (nSPS) is 15.0. The van der Waals surface area contributed by atoms with Gasteiger partial charge in [-0.1, -0.05) is 29.8 Å². The van der Waals surface area contributed by atoms with Crippen molar-refractivity contribution in [2.75, 3.05) is 38.5 Å². The number of likely N-dealkylation sites (tertiary alicyclic amines) is 1. The summed E-state index contributed by atoms with van der Waals surface area (Å²) in [6.07, 6.45) is 4.83. The molecular weight excluding hydrogens is 492 g/mol. The molecule has 1 fully saturated rings. The summed E-state index contributed by atoms with van der Waals surface area (Å²) in [6, 6.07) is 10.3. The number of anilines is 1. The molecule has 1 aromatic carbocycles. The van der Waals surface area contributed by atoms with Crippen LogP contribution in [0.4, 0.5) is 5.82 Å². The number of piperidine rings is 1. The summed E-state index contributed by atoms with van der Waals surface area (Å²) in [5.74, 6) is 1.06. The first-order chi connectivity index (χ1) is 15.4. The monoisotopic (exact) mass is 518 g/mol. The molecule has 4 rings (SSSR count). The number of carbonyl (C=O) groups is 1. The fourth-order valence-electron chi connectivity index (χ4n) is 4.22. The predicted octanol–water partition coefficient (Wildman–Crippen LogP) is 4.56. The molecule has 1 amide bonds. The highest BCUT2D eigenvalue weighted by Crippen LogP contribution is 2.30. The minimum Gasteiger partial charge on any atom is -0.370 e. The van der Waals surface area contributed by atoms with Crippen LogP contribution in [0.25, 0.3) is 16.9 Å². The van der Waals surface area contributed by atoms with Crippen LogP contribution in [0, 0.1) is 0 Å². The highest BCUT2D eigenvalue weighted by atomic mass is 79.9. The van der Waals surface area contributed by atoms with E-state index in [0.29, 0.717) is 11.1 Å². The van der Waals surface area contributed by atoms with Gasteiger partial charge in [-0.25, -0.2) is 4.98 Å². The van der Waals surface area contributed by atoms with E-state index in [4.69, 9.17) is 16.6 Å². The molecule has 1 aliphatic heterocycles. The molecule has 1 saturated heterocycles. The summed E-state index contributed by atoms with van der Waals surface area (Å²) in [6.45, 7) is 5.18. The van der Waals surface area contributed by atoms with Crippen molar-refractivity contribution in [2.45, 2.75) is 32.2 Å². The number of nitrogens with zero attached hydrogens (tertiary/aromatic N) is 5. The molecule has 0 aliphatic carbocycles. The molecule has 9 heteroatoms. The van der Waals surface area contributed by atoms with Crippen molar-refractivity contribution in [1.29, 1.82) is 0 Å². The second-order valence-corrected chi connectivity index (χ2v) is 9.49. The average Bonchev–Trinajstić information content (AvgIpc) is 3.17. The molecule has 3 aromatic rings. The molecular formula is C23H28BrClN6O. The third-order valence-corrected chi connectivity index (χ3v) is 6.99. The van der Waals surface area contributed by atoms with Crippen molar-refractivity contribution in [2.24, 2.45) is 0 Å². The summed E-state index contributed by atoms with van der Waals surface area (Å²) in [5.41, 5.74) is 2.45. The van der Waals surface area contributed by atoms with E-state index in [1.807, 2.05) is 39.7 Å². The summed E-state index contributed by atoms with van der Waals surface area (Å²) >= 11 is 9.96. The second kappa shape index (κ2) is 10.2. The number of rotatable bonds is 7. The minimum atomic E-state index is 0.181. The van der Waals surface area contributed by atoms with Gasteiger partial charge in [0.15, 0.2) is 5.65 Å². The van der Waals surface area contributed by atoms with Crippen molar-refractivity contribution in [3.8, 4) is 11.3 Å². The molecule has 0 spiro atoms. The van der Waals surface area contributed by atoms with Gasteiger partial charge in [0.1, 0.15) is 5.82 Å². The number of amides is 1. The number of nitrogens with one attached hydrogen (secondary N) is 1. The summed E-state index contributed by atoms with van der Waals surface area (Å²) in [5, 5.41) is 8.65. The molecule has 2 aromatic heterocycles. The maximum absolute atomic E-state index is 11.5. The van der Waals surface area contributed by atoms with E-state index in [2.05, 4.69) is 38.3 Å². The Balaban J connectivity index is 1.39.